The van der Waals surface area contributed by atoms with E-state index in [2.05, 4.69) is 5.48 Å². The summed E-state index contributed by atoms with van der Waals surface area (Å²) in [5.41, 5.74) is 4.97. The van der Waals surface area contributed by atoms with E-state index in [1.54, 1.807) is 18.2 Å². The third-order valence-corrected chi connectivity index (χ3v) is 4.43. The van der Waals surface area contributed by atoms with E-state index < -0.39 is 6.10 Å². The van der Waals surface area contributed by atoms with E-state index in [1.165, 1.54) is 4.90 Å². The summed E-state index contributed by atoms with van der Waals surface area (Å²) in [5.74, 6) is -0.720. The first-order valence-electron chi connectivity index (χ1n) is 7.47. The quantitative estimate of drug-likeness (QED) is 0.872. The average Bonchev–Trinajstić information content (AvgIpc) is 3.13. The van der Waals surface area contributed by atoms with Gasteiger partial charge in [0.15, 0.2) is 6.10 Å². The van der Waals surface area contributed by atoms with E-state index in [9.17, 15) is 9.59 Å². The molecule has 0 spiro atoms. The van der Waals surface area contributed by atoms with Crippen molar-refractivity contribution in [2.24, 2.45) is 0 Å². The number of rotatable bonds is 3. The Morgan fingerprint density at radius 2 is 1.75 bits per heavy atom. The van der Waals surface area contributed by atoms with Crippen LogP contribution in [0.25, 0.3) is 5.70 Å². The fraction of sp³-hybridized carbons (Fsp3) is 0.111. The molecule has 4 rings (SSSR count). The Morgan fingerprint density at radius 3 is 2.50 bits per heavy atom. The van der Waals surface area contributed by atoms with Gasteiger partial charge in [0.25, 0.3) is 11.8 Å². The lowest BCUT2D eigenvalue weighted by atomic mass is 10.0. The maximum absolute atomic E-state index is 12.8. The van der Waals surface area contributed by atoms with E-state index in [0.29, 0.717) is 21.9 Å². The first-order chi connectivity index (χ1) is 11.7. The number of nitrogens with one attached hydrogen (secondary N) is 1. The molecule has 5 nitrogen and oxygen atoms in total. The molecule has 120 valence electrons. The number of nitrogens with zero attached hydrogens (tertiary/aromatic N) is 1. The van der Waals surface area contributed by atoms with Gasteiger partial charge >= 0.3 is 0 Å². The molecule has 0 saturated carbocycles. The summed E-state index contributed by atoms with van der Waals surface area (Å²) in [7, 11) is 0. The van der Waals surface area contributed by atoms with Gasteiger partial charge in [-0.2, -0.15) is 0 Å². The molecule has 2 aromatic carbocycles. The molecule has 2 aliphatic heterocycles. The Labute approximate surface area is 143 Å². The lowest BCUT2D eigenvalue weighted by molar-refractivity contribution is -0.144. The van der Waals surface area contributed by atoms with Crippen LogP contribution in [0.3, 0.4) is 0 Å². The highest BCUT2D eigenvalue weighted by Crippen LogP contribution is 2.36. The SMILES string of the molecule is O=C1C2=C(c3ccccc3Cl)NO[C@@H]2C(=O)N1Cc1ccccc1. The van der Waals surface area contributed by atoms with Crippen LogP contribution < -0.4 is 5.48 Å². The number of hydrogen-bond acceptors (Lipinski definition) is 4. The van der Waals surface area contributed by atoms with Crippen molar-refractivity contribution in [3.05, 3.63) is 76.3 Å². The minimum atomic E-state index is -0.924. The van der Waals surface area contributed by atoms with E-state index in [0.717, 1.165) is 5.56 Å². The van der Waals surface area contributed by atoms with Gasteiger partial charge in [0.1, 0.15) is 0 Å². The molecule has 0 radical (unpaired) electrons. The zero-order valence-electron chi connectivity index (χ0n) is 12.5. The van der Waals surface area contributed by atoms with Crippen molar-refractivity contribution in [1.82, 2.24) is 10.4 Å². The molecule has 1 N–H and O–H groups in total. The zero-order chi connectivity index (χ0) is 16.7. The molecular formula is C18H13ClN2O3. The van der Waals surface area contributed by atoms with Gasteiger partial charge in [-0.1, -0.05) is 60.1 Å². The van der Waals surface area contributed by atoms with E-state index in [4.69, 9.17) is 16.4 Å². The number of hydroxylamine groups is 1. The Hall–Kier alpha value is -2.63. The molecule has 0 aliphatic carbocycles. The molecular weight excluding hydrogens is 328 g/mol. The maximum Gasteiger partial charge on any atom is 0.266 e. The zero-order valence-corrected chi connectivity index (χ0v) is 13.3. The van der Waals surface area contributed by atoms with Gasteiger partial charge in [-0.05, 0) is 11.6 Å². The third-order valence-electron chi connectivity index (χ3n) is 4.10. The second-order valence-corrected chi connectivity index (χ2v) is 5.99. The fourth-order valence-corrected chi connectivity index (χ4v) is 3.15. The summed E-state index contributed by atoms with van der Waals surface area (Å²) in [6.45, 7) is 0.220. The predicted octanol–water partition coefficient (Wildman–Crippen LogP) is 2.52. The largest absolute Gasteiger partial charge is 0.271 e. The van der Waals surface area contributed by atoms with Crippen molar-refractivity contribution in [3.8, 4) is 0 Å². The fourth-order valence-electron chi connectivity index (χ4n) is 2.92. The number of carbonyl (C=O) groups excluding carboxylic acids is 2. The summed E-state index contributed by atoms with van der Waals surface area (Å²) in [6.07, 6.45) is -0.924. The van der Waals surface area contributed by atoms with Gasteiger partial charge in [0.05, 0.1) is 17.8 Å². The smallest absolute Gasteiger partial charge is 0.266 e. The number of halogens is 1. The van der Waals surface area contributed by atoms with Gasteiger partial charge in [0.2, 0.25) is 0 Å². The Balaban J connectivity index is 1.72. The Bertz CT molecular complexity index is 864. The van der Waals surface area contributed by atoms with Crippen LogP contribution in [0.15, 0.2) is 60.2 Å². The molecule has 2 aromatic rings. The number of hydrogen-bond donors (Lipinski definition) is 1. The lowest BCUT2D eigenvalue weighted by Gasteiger charge is -2.16. The summed E-state index contributed by atoms with van der Waals surface area (Å²) in [4.78, 5) is 31.9. The van der Waals surface area contributed by atoms with Crippen LogP contribution in [0, 0.1) is 0 Å². The summed E-state index contributed by atoms with van der Waals surface area (Å²) in [6, 6.07) is 16.5. The molecule has 2 heterocycles. The van der Waals surface area contributed by atoms with Crippen molar-refractivity contribution in [2.75, 3.05) is 0 Å². The normalized spacial score (nSPS) is 19.7. The van der Waals surface area contributed by atoms with Crippen LogP contribution in [0.5, 0.6) is 0 Å². The minimum Gasteiger partial charge on any atom is -0.271 e. The molecule has 0 aromatic heterocycles. The van der Waals surface area contributed by atoms with E-state index in [1.807, 2.05) is 36.4 Å². The van der Waals surface area contributed by atoms with Gasteiger partial charge in [-0.3, -0.25) is 24.8 Å². The number of fused-ring (bicyclic) bond motifs is 1. The number of amides is 2. The summed E-state index contributed by atoms with van der Waals surface area (Å²) < 4.78 is 0. The maximum atomic E-state index is 12.8. The van der Waals surface area contributed by atoms with Crippen LogP contribution in [-0.4, -0.2) is 22.8 Å². The summed E-state index contributed by atoms with van der Waals surface area (Å²) >= 11 is 6.21. The molecule has 2 aliphatic rings. The van der Waals surface area contributed by atoms with Crippen LogP contribution >= 0.6 is 11.6 Å². The van der Waals surface area contributed by atoms with Crippen molar-refractivity contribution >= 4 is 29.1 Å². The number of carbonyl (C=O) groups is 2. The topological polar surface area (TPSA) is 58.6 Å². The van der Waals surface area contributed by atoms with Crippen molar-refractivity contribution in [3.63, 3.8) is 0 Å². The number of likely N-dealkylation sites (tertiary alicyclic amines) is 1. The first kappa shape index (κ1) is 14.9. The molecule has 6 heteroatoms. The number of imide groups is 1. The standard InChI is InChI=1S/C18H13ClN2O3/c19-13-9-5-4-8-12(13)15-14-16(24-20-15)18(23)21(17(14)22)10-11-6-2-1-3-7-11/h1-9,16,20H,10H2/t16-/m0/s1. The molecule has 24 heavy (non-hydrogen) atoms. The van der Waals surface area contributed by atoms with E-state index in [-0.39, 0.29) is 18.4 Å². The van der Waals surface area contributed by atoms with Crippen molar-refractivity contribution in [1.29, 1.82) is 0 Å². The molecule has 1 atom stereocenters. The highest BCUT2D eigenvalue weighted by atomic mass is 35.5. The van der Waals surface area contributed by atoms with Crippen LogP contribution in [0.4, 0.5) is 0 Å². The number of benzene rings is 2. The predicted molar refractivity (Wildman–Crippen MR) is 88.4 cm³/mol. The second kappa shape index (κ2) is 5.78. The molecule has 0 bridgehead atoms. The second-order valence-electron chi connectivity index (χ2n) is 5.58. The van der Waals surface area contributed by atoms with Gasteiger partial charge < -0.3 is 0 Å². The highest BCUT2D eigenvalue weighted by molar-refractivity contribution is 6.33. The van der Waals surface area contributed by atoms with Gasteiger partial charge in [0, 0.05) is 10.6 Å². The van der Waals surface area contributed by atoms with Crippen LogP contribution in [0.2, 0.25) is 5.02 Å². The van der Waals surface area contributed by atoms with Crippen LogP contribution in [0.1, 0.15) is 11.1 Å². The van der Waals surface area contributed by atoms with E-state index >= 15 is 0 Å². The average molecular weight is 341 g/mol. The molecule has 1 fully saturated rings. The highest BCUT2D eigenvalue weighted by Gasteiger charge is 2.50. The van der Waals surface area contributed by atoms with Crippen molar-refractivity contribution in [2.45, 2.75) is 12.6 Å². The Morgan fingerprint density at radius 1 is 1.04 bits per heavy atom. The lowest BCUT2D eigenvalue weighted by Crippen LogP contribution is -2.33. The summed E-state index contributed by atoms with van der Waals surface area (Å²) in [5, 5.41) is 0.485. The van der Waals surface area contributed by atoms with Gasteiger partial charge in [-0.25, -0.2) is 0 Å². The molecule has 1 saturated heterocycles. The van der Waals surface area contributed by atoms with Crippen molar-refractivity contribution < 1.29 is 14.4 Å². The Kier molecular flexibility index (Phi) is 3.59. The molecule has 0 unspecified atom stereocenters. The monoisotopic (exact) mass is 340 g/mol. The first-order valence-corrected chi connectivity index (χ1v) is 7.85. The third kappa shape index (κ3) is 2.29. The molecule has 2 amide bonds. The minimum absolute atomic E-state index is 0.220. The van der Waals surface area contributed by atoms with Crippen LogP contribution in [-0.2, 0) is 21.0 Å². The van der Waals surface area contributed by atoms with Gasteiger partial charge in [-0.15, -0.1) is 0 Å².